The smallest absolute Gasteiger partial charge is 0.254 e. The van der Waals surface area contributed by atoms with Gasteiger partial charge in [-0.05, 0) is 18.8 Å². The fourth-order valence-electron chi connectivity index (χ4n) is 2.42. The van der Waals surface area contributed by atoms with E-state index in [1.165, 1.54) is 6.20 Å². The van der Waals surface area contributed by atoms with Crippen molar-refractivity contribution in [1.82, 2.24) is 15.1 Å². The maximum Gasteiger partial charge on any atom is 0.254 e. The lowest BCUT2D eigenvalue weighted by Crippen LogP contribution is -2.32. The molecule has 6 nitrogen and oxygen atoms in total. The highest BCUT2D eigenvalue weighted by Crippen LogP contribution is 2.25. The van der Waals surface area contributed by atoms with Gasteiger partial charge in [0, 0.05) is 12.2 Å². The molecule has 118 valence electrons. The van der Waals surface area contributed by atoms with Gasteiger partial charge in [-0.3, -0.25) is 9.48 Å². The van der Waals surface area contributed by atoms with Crippen LogP contribution in [0.15, 0.2) is 6.20 Å². The molecule has 0 spiro atoms. The van der Waals surface area contributed by atoms with Gasteiger partial charge in [0.15, 0.2) is 9.84 Å². The molecule has 1 N–H and O–H groups in total. The van der Waals surface area contributed by atoms with Crippen LogP contribution < -0.4 is 5.32 Å². The first-order chi connectivity index (χ1) is 9.59. The largest absolute Gasteiger partial charge is 0.351 e. The second-order valence-electron chi connectivity index (χ2n) is 6.89. The van der Waals surface area contributed by atoms with E-state index in [0.717, 1.165) is 5.69 Å². The van der Waals surface area contributed by atoms with Gasteiger partial charge in [-0.25, -0.2) is 8.42 Å². The van der Waals surface area contributed by atoms with Crippen LogP contribution in [0.1, 0.15) is 49.3 Å². The molecule has 2 rings (SSSR count). The van der Waals surface area contributed by atoms with Gasteiger partial charge in [0.2, 0.25) is 0 Å². The van der Waals surface area contributed by atoms with E-state index in [4.69, 9.17) is 0 Å². The normalized spacial score (nSPS) is 21.4. The molecule has 0 radical (unpaired) electrons. The standard InChI is InChI=1S/C14H23N3O3S/c1-10-12(13(18)15-9-14(2,3)4)7-16-17(10)11-5-6-21(19,20)8-11/h7,11H,5-6,8-9H2,1-4H3,(H,15,18). The zero-order chi connectivity index (χ0) is 15.8. The average molecular weight is 313 g/mol. The molecular formula is C14H23N3O3S. The highest BCUT2D eigenvalue weighted by Gasteiger charge is 2.31. The number of aromatic nitrogens is 2. The predicted molar refractivity (Wildman–Crippen MR) is 81.1 cm³/mol. The van der Waals surface area contributed by atoms with Gasteiger partial charge in [0.1, 0.15) is 0 Å². The van der Waals surface area contributed by atoms with E-state index in [9.17, 15) is 13.2 Å². The van der Waals surface area contributed by atoms with Crippen LogP contribution in [0.3, 0.4) is 0 Å². The number of nitrogens with zero attached hydrogens (tertiary/aromatic N) is 2. The molecule has 0 bridgehead atoms. The number of hydrogen-bond donors (Lipinski definition) is 1. The molecule has 7 heteroatoms. The second-order valence-corrected chi connectivity index (χ2v) is 9.12. The molecular weight excluding hydrogens is 290 g/mol. The second kappa shape index (κ2) is 5.44. The van der Waals surface area contributed by atoms with Crippen molar-refractivity contribution in [2.75, 3.05) is 18.1 Å². The molecule has 1 aromatic heterocycles. The Kier molecular flexibility index (Phi) is 4.15. The Morgan fingerprint density at radius 1 is 1.48 bits per heavy atom. The number of carbonyl (C=O) groups excluding carboxylic acids is 1. The lowest BCUT2D eigenvalue weighted by Gasteiger charge is -2.18. The maximum atomic E-state index is 12.2. The van der Waals surface area contributed by atoms with E-state index in [1.807, 2.05) is 27.7 Å². The van der Waals surface area contributed by atoms with Crippen molar-refractivity contribution >= 4 is 15.7 Å². The van der Waals surface area contributed by atoms with E-state index < -0.39 is 9.84 Å². The summed E-state index contributed by atoms with van der Waals surface area (Å²) >= 11 is 0. The summed E-state index contributed by atoms with van der Waals surface area (Å²) in [6, 6.07) is -0.154. The van der Waals surface area contributed by atoms with Crippen LogP contribution in [0.25, 0.3) is 0 Å². The fraction of sp³-hybridized carbons (Fsp3) is 0.714. The van der Waals surface area contributed by atoms with Crippen LogP contribution in [0.4, 0.5) is 0 Å². The Morgan fingerprint density at radius 2 is 2.14 bits per heavy atom. The summed E-state index contributed by atoms with van der Waals surface area (Å²) in [5.74, 6) is 0.149. The molecule has 1 saturated heterocycles. The molecule has 1 aromatic rings. The Morgan fingerprint density at radius 3 is 2.67 bits per heavy atom. The summed E-state index contributed by atoms with van der Waals surface area (Å²) in [6.07, 6.45) is 2.09. The summed E-state index contributed by atoms with van der Waals surface area (Å²) in [5, 5.41) is 7.11. The number of rotatable bonds is 3. The average Bonchev–Trinajstić information content (AvgIpc) is 2.88. The van der Waals surface area contributed by atoms with Gasteiger partial charge < -0.3 is 5.32 Å². The van der Waals surface area contributed by atoms with Crippen molar-refractivity contribution in [3.63, 3.8) is 0 Å². The maximum absolute atomic E-state index is 12.2. The number of carbonyl (C=O) groups is 1. The number of nitrogens with one attached hydrogen (secondary N) is 1. The summed E-state index contributed by atoms with van der Waals surface area (Å²) in [4.78, 5) is 12.2. The fourth-order valence-corrected chi connectivity index (χ4v) is 4.12. The van der Waals surface area contributed by atoms with Crippen molar-refractivity contribution in [3.05, 3.63) is 17.5 Å². The highest BCUT2D eigenvalue weighted by atomic mass is 32.2. The molecule has 1 unspecified atom stereocenters. The summed E-state index contributed by atoms with van der Waals surface area (Å²) in [6.45, 7) is 8.53. The SMILES string of the molecule is Cc1c(C(=O)NCC(C)(C)C)cnn1C1CCS(=O)(=O)C1. The van der Waals surface area contributed by atoms with Crippen molar-refractivity contribution in [3.8, 4) is 0 Å². The van der Waals surface area contributed by atoms with Gasteiger partial charge in [0.25, 0.3) is 5.91 Å². The number of sulfone groups is 1. The van der Waals surface area contributed by atoms with E-state index in [2.05, 4.69) is 10.4 Å². The molecule has 1 amide bonds. The third-order valence-corrected chi connectivity index (χ3v) is 5.37. The zero-order valence-electron chi connectivity index (χ0n) is 13.0. The monoisotopic (exact) mass is 313 g/mol. The summed E-state index contributed by atoms with van der Waals surface area (Å²) in [7, 11) is -2.96. The molecule has 0 saturated carbocycles. The highest BCUT2D eigenvalue weighted by molar-refractivity contribution is 7.91. The summed E-state index contributed by atoms with van der Waals surface area (Å²) in [5.41, 5.74) is 1.26. The van der Waals surface area contributed by atoms with E-state index >= 15 is 0 Å². The van der Waals surface area contributed by atoms with Crippen molar-refractivity contribution in [2.24, 2.45) is 5.41 Å². The Hall–Kier alpha value is -1.37. The van der Waals surface area contributed by atoms with Crippen LogP contribution in [-0.4, -0.2) is 42.2 Å². The van der Waals surface area contributed by atoms with Crippen molar-refractivity contribution in [2.45, 2.75) is 40.2 Å². The first-order valence-electron chi connectivity index (χ1n) is 7.12. The third kappa shape index (κ3) is 3.84. The van der Waals surface area contributed by atoms with Crippen LogP contribution in [0.2, 0.25) is 0 Å². The third-order valence-electron chi connectivity index (χ3n) is 3.62. The molecule has 0 aliphatic carbocycles. The number of amides is 1. The molecule has 1 fully saturated rings. The molecule has 2 heterocycles. The topological polar surface area (TPSA) is 81.1 Å². The van der Waals surface area contributed by atoms with Crippen molar-refractivity contribution in [1.29, 1.82) is 0 Å². The minimum atomic E-state index is -2.96. The van der Waals surface area contributed by atoms with Crippen LogP contribution in [-0.2, 0) is 9.84 Å². The van der Waals surface area contributed by atoms with Gasteiger partial charge >= 0.3 is 0 Å². The van der Waals surface area contributed by atoms with E-state index in [1.54, 1.807) is 4.68 Å². The molecule has 0 aromatic carbocycles. The van der Waals surface area contributed by atoms with E-state index in [0.29, 0.717) is 18.5 Å². The zero-order valence-corrected chi connectivity index (χ0v) is 13.8. The molecule has 1 atom stereocenters. The van der Waals surface area contributed by atoms with Gasteiger partial charge in [0.05, 0.1) is 29.3 Å². The lowest BCUT2D eigenvalue weighted by molar-refractivity contribution is 0.0938. The lowest BCUT2D eigenvalue weighted by atomic mass is 9.97. The number of hydrogen-bond acceptors (Lipinski definition) is 4. The Bertz CT molecular complexity index is 641. The molecule has 1 aliphatic heterocycles. The predicted octanol–water partition coefficient (Wildman–Crippen LogP) is 1.33. The Balaban J connectivity index is 2.12. The minimum absolute atomic E-state index is 0.0130. The minimum Gasteiger partial charge on any atom is -0.351 e. The first-order valence-corrected chi connectivity index (χ1v) is 8.94. The van der Waals surface area contributed by atoms with Crippen LogP contribution in [0.5, 0.6) is 0 Å². The van der Waals surface area contributed by atoms with E-state index in [-0.39, 0.29) is 28.9 Å². The van der Waals surface area contributed by atoms with Gasteiger partial charge in [-0.2, -0.15) is 5.10 Å². The van der Waals surface area contributed by atoms with Crippen LogP contribution >= 0.6 is 0 Å². The summed E-state index contributed by atoms with van der Waals surface area (Å²) < 4.78 is 24.8. The van der Waals surface area contributed by atoms with Gasteiger partial charge in [-0.15, -0.1) is 0 Å². The quantitative estimate of drug-likeness (QED) is 0.912. The van der Waals surface area contributed by atoms with Crippen molar-refractivity contribution < 1.29 is 13.2 Å². The first kappa shape index (κ1) is 16.0. The Labute approximate surface area is 125 Å². The molecule has 1 aliphatic rings. The molecule has 21 heavy (non-hydrogen) atoms. The van der Waals surface area contributed by atoms with Crippen LogP contribution in [0, 0.1) is 12.3 Å². The van der Waals surface area contributed by atoms with Gasteiger partial charge in [-0.1, -0.05) is 20.8 Å².